The highest BCUT2D eigenvalue weighted by atomic mass is 14.8. The van der Waals surface area contributed by atoms with Crippen LogP contribution in [-0.4, -0.2) is 12.6 Å². The lowest BCUT2D eigenvalue weighted by molar-refractivity contribution is 0.640. The highest BCUT2D eigenvalue weighted by Gasteiger charge is 1.88. The Morgan fingerprint density at radius 2 is 2.33 bits per heavy atom. The third-order valence-corrected chi connectivity index (χ3v) is 1.03. The summed E-state index contributed by atoms with van der Waals surface area (Å²) >= 11 is 0. The fraction of sp³-hybridized carbons (Fsp3) is 0.714. The van der Waals surface area contributed by atoms with E-state index in [0.29, 0.717) is 6.04 Å². The van der Waals surface area contributed by atoms with Gasteiger partial charge in [0.25, 0.3) is 0 Å². The lowest BCUT2D eigenvalue weighted by atomic mass is 10.2. The van der Waals surface area contributed by atoms with Gasteiger partial charge >= 0.3 is 0 Å². The fourth-order valence-corrected chi connectivity index (χ4v) is 0.512. The summed E-state index contributed by atoms with van der Waals surface area (Å²) in [5.74, 6) is 0. The summed E-state index contributed by atoms with van der Waals surface area (Å²) in [4.78, 5) is 0. The van der Waals surface area contributed by atoms with Crippen LogP contribution in [0.1, 0.15) is 20.3 Å². The molecule has 0 aromatic heterocycles. The zero-order valence-electron chi connectivity index (χ0n) is 6.22. The molecule has 0 bridgehead atoms. The first-order valence-corrected chi connectivity index (χ1v) is 3.37. The molecule has 2 nitrogen and oxygen atoms in total. The van der Waals surface area contributed by atoms with Gasteiger partial charge in [-0.25, -0.2) is 0 Å². The van der Waals surface area contributed by atoms with Gasteiger partial charge in [0.15, 0.2) is 0 Å². The Morgan fingerprint density at radius 1 is 1.67 bits per heavy atom. The van der Waals surface area contributed by atoms with E-state index in [-0.39, 0.29) is 0 Å². The molecule has 9 heavy (non-hydrogen) atoms. The second kappa shape index (κ2) is 5.63. The number of hydrogen-bond donors (Lipinski definition) is 2. The predicted molar refractivity (Wildman–Crippen MR) is 41.1 cm³/mol. The molecule has 0 saturated carbocycles. The second-order valence-corrected chi connectivity index (χ2v) is 2.22. The van der Waals surface area contributed by atoms with Crippen molar-refractivity contribution in [3.8, 4) is 0 Å². The first kappa shape index (κ1) is 8.50. The smallest absolute Gasteiger partial charge is 0.0156 e. The molecule has 3 N–H and O–H groups in total. The summed E-state index contributed by atoms with van der Waals surface area (Å²) in [6.45, 7) is 4.97. The molecule has 1 atom stereocenters. The van der Waals surface area contributed by atoms with Gasteiger partial charge < -0.3 is 11.1 Å². The molecule has 0 fully saturated rings. The standard InChI is InChI=1S/C7H16N2/c1-3-5-9-6-4-7(2)8/h3,5,7,9H,4,6,8H2,1-2H3/b5-3-. The molecular weight excluding hydrogens is 112 g/mol. The maximum Gasteiger partial charge on any atom is 0.0156 e. The zero-order valence-corrected chi connectivity index (χ0v) is 6.22. The van der Waals surface area contributed by atoms with Crippen LogP contribution in [0.3, 0.4) is 0 Å². The van der Waals surface area contributed by atoms with Gasteiger partial charge in [-0.1, -0.05) is 6.08 Å². The largest absolute Gasteiger partial charge is 0.391 e. The summed E-state index contributed by atoms with van der Waals surface area (Å²) in [5, 5.41) is 3.11. The first-order chi connectivity index (χ1) is 4.27. The molecule has 0 amide bonds. The van der Waals surface area contributed by atoms with Crippen LogP contribution in [0.4, 0.5) is 0 Å². The Kier molecular flexibility index (Phi) is 5.32. The molecule has 0 aromatic carbocycles. The molecule has 0 saturated heterocycles. The quantitative estimate of drug-likeness (QED) is 0.551. The Morgan fingerprint density at radius 3 is 2.78 bits per heavy atom. The highest BCUT2D eigenvalue weighted by molar-refractivity contribution is 4.74. The minimum Gasteiger partial charge on any atom is -0.391 e. The summed E-state index contributed by atoms with van der Waals surface area (Å²) in [6, 6.07) is 0.308. The Labute approximate surface area is 57.1 Å². The van der Waals surface area contributed by atoms with Gasteiger partial charge in [-0.15, -0.1) is 0 Å². The van der Waals surface area contributed by atoms with Gasteiger partial charge in [-0.3, -0.25) is 0 Å². The van der Waals surface area contributed by atoms with Gasteiger partial charge in [0.05, 0.1) is 0 Å². The minimum absolute atomic E-state index is 0.308. The Hall–Kier alpha value is -0.500. The predicted octanol–water partition coefficient (Wildman–Crippen LogP) is 0.847. The monoisotopic (exact) mass is 128 g/mol. The van der Waals surface area contributed by atoms with Gasteiger partial charge in [-0.05, 0) is 26.5 Å². The molecule has 0 spiro atoms. The van der Waals surface area contributed by atoms with E-state index in [4.69, 9.17) is 5.73 Å². The van der Waals surface area contributed by atoms with Crippen LogP contribution in [-0.2, 0) is 0 Å². The van der Waals surface area contributed by atoms with Gasteiger partial charge in [0.2, 0.25) is 0 Å². The SMILES string of the molecule is C/C=C\NCCC(C)N. The minimum atomic E-state index is 0.308. The van der Waals surface area contributed by atoms with Crippen molar-refractivity contribution in [1.29, 1.82) is 0 Å². The normalized spacial score (nSPS) is 14.1. The average Bonchev–Trinajstić information content (AvgIpc) is 1.80. The van der Waals surface area contributed by atoms with E-state index in [2.05, 4.69) is 5.32 Å². The molecular formula is C7H16N2. The van der Waals surface area contributed by atoms with Crippen LogP contribution in [0.15, 0.2) is 12.3 Å². The summed E-state index contributed by atoms with van der Waals surface area (Å²) < 4.78 is 0. The van der Waals surface area contributed by atoms with Crippen LogP contribution in [0, 0.1) is 0 Å². The van der Waals surface area contributed by atoms with Crippen molar-refractivity contribution in [3.63, 3.8) is 0 Å². The Bertz CT molecular complexity index is 77.0. The van der Waals surface area contributed by atoms with Crippen molar-refractivity contribution in [2.45, 2.75) is 26.3 Å². The summed E-state index contributed by atoms with van der Waals surface area (Å²) in [7, 11) is 0. The van der Waals surface area contributed by atoms with Crippen LogP contribution < -0.4 is 11.1 Å². The van der Waals surface area contributed by atoms with Crippen LogP contribution in [0.5, 0.6) is 0 Å². The lowest BCUT2D eigenvalue weighted by Gasteiger charge is -2.02. The Balaban J connectivity index is 2.91. The molecule has 0 aliphatic carbocycles. The van der Waals surface area contributed by atoms with E-state index in [1.807, 2.05) is 26.1 Å². The summed E-state index contributed by atoms with van der Waals surface area (Å²) in [6.07, 6.45) is 4.94. The van der Waals surface area contributed by atoms with Gasteiger partial charge in [-0.2, -0.15) is 0 Å². The third kappa shape index (κ3) is 7.50. The number of nitrogens with two attached hydrogens (primary N) is 1. The van der Waals surface area contributed by atoms with E-state index >= 15 is 0 Å². The van der Waals surface area contributed by atoms with Crippen molar-refractivity contribution >= 4 is 0 Å². The molecule has 0 radical (unpaired) electrons. The van der Waals surface area contributed by atoms with E-state index < -0.39 is 0 Å². The molecule has 2 heteroatoms. The van der Waals surface area contributed by atoms with Crippen LogP contribution in [0.2, 0.25) is 0 Å². The average molecular weight is 128 g/mol. The number of rotatable bonds is 4. The lowest BCUT2D eigenvalue weighted by Crippen LogP contribution is -2.20. The number of nitrogens with one attached hydrogen (secondary N) is 1. The van der Waals surface area contributed by atoms with E-state index in [9.17, 15) is 0 Å². The fourth-order valence-electron chi connectivity index (χ4n) is 0.512. The highest BCUT2D eigenvalue weighted by Crippen LogP contribution is 1.81. The van der Waals surface area contributed by atoms with Crippen LogP contribution in [0.25, 0.3) is 0 Å². The maximum atomic E-state index is 5.51. The van der Waals surface area contributed by atoms with E-state index in [0.717, 1.165) is 13.0 Å². The molecule has 54 valence electrons. The second-order valence-electron chi connectivity index (χ2n) is 2.22. The number of hydrogen-bond acceptors (Lipinski definition) is 2. The maximum absolute atomic E-state index is 5.51. The molecule has 0 aliphatic rings. The first-order valence-electron chi connectivity index (χ1n) is 3.37. The van der Waals surface area contributed by atoms with Crippen molar-refractivity contribution in [1.82, 2.24) is 5.32 Å². The number of allylic oxidation sites excluding steroid dienone is 1. The van der Waals surface area contributed by atoms with Crippen LogP contribution >= 0.6 is 0 Å². The van der Waals surface area contributed by atoms with Crippen molar-refractivity contribution in [2.24, 2.45) is 5.73 Å². The molecule has 0 aromatic rings. The topological polar surface area (TPSA) is 38.0 Å². The molecule has 0 heterocycles. The molecule has 0 rings (SSSR count). The van der Waals surface area contributed by atoms with Crippen molar-refractivity contribution in [3.05, 3.63) is 12.3 Å². The summed E-state index contributed by atoms with van der Waals surface area (Å²) in [5.41, 5.74) is 5.51. The third-order valence-electron chi connectivity index (χ3n) is 1.03. The molecule has 0 aliphatic heterocycles. The molecule has 1 unspecified atom stereocenters. The van der Waals surface area contributed by atoms with Crippen molar-refractivity contribution < 1.29 is 0 Å². The van der Waals surface area contributed by atoms with Gasteiger partial charge in [0.1, 0.15) is 0 Å². The zero-order chi connectivity index (χ0) is 7.11. The van der Waals surface area contributed by atoms with Gasteiger partial charge in [0, 0.05) is 12.6 Å². The van der Waals surface area contributed by atoms with E-state index in [1.165, 1.54) is 0 Å². The van der Waals surface area contributed by atoms with E-state index in [1.54, 1.807) is 0 Å². The van der Waals surface area contributed by atoms with Crippen molar-refractivity contribution in [2.75, 3.05) is 6.54 Å².